The molecule has 1 saturated heterocycles. The van der Waals surface area contributed by atoms with Gasteiger partial charge in [-0.3, -0.25) is 15.0 Å². The van der Waals surface area contributed by atoms with Crippen LogP contribution in [0.2, 0.25) is 0 Å². The van der Waals surface area contributed by atoms with Crippen LogP contribution in [0.4, 0.5) is 11.4 Å². The van der Waals surface area contributed by atoms with Crippen LogP contribution in [0, 0.1) is 21.4 Å². The smallest absolute Gasteiger partial charge is 0.270 e. The van der Waals surface area contributed by atoms with Gasteiger partial charge in [0.25, 0.3) is 5.69 Å². The number of hydrogen-bond acceptors (Lipinski definition) is 6. The Morgan fingerprint density at radius 1 is 1.41 bits per heavy atom. The fourth-order valence-corrected chi connectivity index (χ4v) is 2.75. The third-order valence-electron chi connectivity index (χ3n) is 4.00. The summed E-state index contributed by atoms with van der Waals surface area (Å²) < 4.78 is 5.18. The molecule has 1 aliphatic heterocycles. The van der Waals surface area contributed by atoms with E-state index < -0.39 is 4.92 Å². The number of non-ortho nitro benzene ring substituents is 1. The third kappa shape index (κ3) is 3.53. The van der Waals surface area contributed by atoms with Gasteiger partial charge in [-0.15, -0.1) is 0 Å². The van der Waals surface area contributed by atoms with Gasteiger partial charge in [-0.2, -0.15) is 5.26 Å². The Morgan fingerprint density at radius 3 is 2.64 bits per heavy atom. The van der Waals surface area contributed by atoms with E-state index in [9.17, 15) is 15.4 Å². The maximum absolute atomic E-state index is 10.8. The summed E-state index contributed by atoms with van der Waals surface area (Å²) in [4.78, 5) is 14.8. The predicted molar refractivity (Wildman–Crippen MR) is 82.9 cm³/mol. The summed E-state index contributed by atoms with van der Waals surface area (Å²) in [5.41, 5.74) is 1.08. The fourth-order valence-electron chi connectivity index (χ4n) is 2.75. The van der Waals surface area contributed by atoms with Crippen LogP contribution in [0.1, 0.15) is 12.5 Å². The van der Waals surface area contributed by atoms with Gasteiger partial charge in [0, 0.05) is 51.5 Å². The van der Waals surface area contributed by atoms with Gasteiger partial charge in [0.1, 0.15) is 6.07 Å². The standard InChI is InChI=1S/C15H20N4O3/c1-12(11-22-2)17-5-7-18(8-6-17)15-4-3-14(19(20)21)9-13(15)10-16/h3-4,9,12H,5-8,11H2,1-2H3/t12-/m0/s1. The van der Waals surface area contributed by atoms with Crippen molar-refractivity contribution in [2.24, 2.45) is 0 Å². The van der Waals surface area contributed by atoms with Crippen LogP contribution < -0.4 is 4.90 Å². The number of piperazine rings is 1. The largest absolute Gasteiger partial charge is 0.383 e. The monoisotopic (exact) mass is 304 g/mol. The lowest BCUT2D eigenvalue weighted by Crippen LogP contribution is -2.50. The molecule has 1 heterocycles. The van der Waals surface area contributed by atoms with Gasteiger partial charge in [-0.25, -0.2) is 0 Å². The molecule has 0 N–H and O–H groups in total. The molecule has 118 valence electrons. The fraction of sp³-hybridized carbons (Fsp3) is 0.533. The zero-order chi connectivity index (χ0) is 16.1. The molecule has 1 aromatic carbocycles. The minimum absolute atomic E-state index is 0.0485. The highest BCUT2D eigenvalue weighted by atomic mass is 16.6. The van der Waals surface area contributed by atoms with Crippen LogP contribution in [0.5, 0.6) is 0 Å². The molecule has 1 atom stereocenters. The first kappa shape index (κ1) is 16.2. The first-order valence-electron chi connectivity index (χ1n) is 7.23. The molecular weight excluding hydrogens is 284 g/mol. The van der Waals surface area contributed by atoms with E-state index in [0.29, 0.717) is 18.2 Å². The van der Waals surface area contributed by atoms with E-state index in [1.165, 1.54) is 12.1 Å². The van der Waals surface area contributed by atoms with Crippen LogP contribution in [0.15, 0.2) is 18.2 Å². The third-order valence-corrected chi connectivity index (χ3v) is 4.00. The number of anilines is 1. The van der Waals surface area contributed by atoms with Crippen molar-refractivity contribution in [3.63, 3.8) is 0 Å². The van der Waals surface area contributed by atoms with Gasteiger partial charge in [0.15, 0.2) is 0 Å². The molecular formula is C15H20N4O3. The van der Waals surface area contributed by atoms with Crippen LogP contribution in [-0.2, 0) is 4.74 Å². The Hall–Kier alpha value is -2.17. The molecule has 22 heavy (non-hydrogen) atoms. The minimum Gasteiger partial charge on any atom is -0.383 e. The number of methoxy groups -OCH3 is 1. The number of hydrogen-bond donors (Lipinski definition) is 0. The zero-order valence-corrected chi connectivity index (χ0v) is 12.9. The quantitative estimate of drug-likeness (QED) is 0.607. The molecule has 7 nitrogen and oxygen atoms in total. The Bertz CT molecular complexity index is 577. The van der Waals surface area contributed by atoms with Crippen molar-refractivity contribution in [1.82, 2.24) is 4.90 Å². The van der Waals surface area contributed by atoms with E-state index >= 15 is 0 Å². The normalized spacial score (nSPS) is 17.0. The highest BCUT2D eigenvalue weighted by molar-refractivity contribution is 5.63. The number of nitro groups is 1. The van der Waals surface area contributed by atoms with Crippen LogP contribution >= 0.6 is 0 Å². The number of ether oxygens (including phenoxy) is 1. The minimum atomic E-state index is -0.477. The molecule has 0 unspecified atom stereocenters. The van der Waals surface area contributed by atoms with Crippen molar-refractivity contribution in [2.45, 2.75) is 13.0 Å². The molecule has 1 aromatic rings. The molecule has 0 radical (unpaired) electrons. The number of nitrogens with zero attached hydrogens (tertiary/aromatic N) is 4. The molecule has 7 heteroatoms. The predicted octanol–water partition coefficient (Wildman–Crippen LogP) is 1.62. The molecule has 0 aliphatic carbocycles. The lowest BCUT2D eigenvalue weighted by atomic mass is 10.1. The van der Waals surface area contributed by atoms with E-state index in [4.69, 9.17) is 4.74 Å². The summed E-state index contributed by atoms with van der Waals surface area (Å²) in [7, 11) is 1.70. The van der Waals surface area contributed by atoms with Gasteiger partial charge in [0.05, 0.1) is 22.8 Å². The van der Waals surface area contributed by atoms with Crippen LogP contribution in [0.3, 0.4) is 0 Å². The molecule has 0 saturated carbocycles. The number of benzene rings is 1. The molecule has 0 spiro atoms. The molecule has 0 aromatic heterocycles. The number of nitro benzene ring substituents is 1. The lowest BCUT2D eigenvalue weighted by Gasteiger charge is -2.39. The second-order valence-electron chi connectivity index (χ2n) is 5.40. The summed E-state index contributed by atoms with van der Waals surface area (Å²) in [6.45, 7) is 6.17. The maximum atomic E-state index is 10.8. The second-order valence-corrected chi connectivity index (χ2v) is 5.40. The van der Waals surface area contributed by atoms with Crippen molar-refractivity contribution < 1.29 is 9.66 Å². The van der Waals surface area contributed by atoms with Gasteiger partial charge in [0.2, 0.25) is 0 Å². The second kappa shape index (κ2) is 7.20. The molecule has 1 fully saturated rings. The Balaban J connectivity index is 2.08. The van der Waals surface area contributed by atoms with Crippen molar-refractivity contribution in [1.29, 1.82) is 5.26 Å². The lowest BCUT2D eigenvalue weighted by molar-refractivity contribution is -0.384. The van der Waals surface area contributed by atoms with Gasteiger partial charge < -0.3 is 9.64 Å². The number of nitriles is 1. The average molecular weight is 304 g/mol. The van der Waals surface area contributed by atoms with Gasteiger partial charge in [-0.05, 0) is 13.0 Å². The van der Waals surface area contributed by atoms with E-state index in [1.54, 1.807) is 13.2 Å². The van der Waals surface area contributed by atoms with Crippen molar-refractivity contribution in [3.05, 3.63) is 33.9 Å². The zero-order valence-electron chi connectivity index (χ0n) is 12.9. The highest BCUT2D eigenvalue weighted by Gasteiger charge is 2.23. The summed E-state index contributed by atoms with van der Waals surface area (Å²) in [5.74, 6) is 0. The Kier molecular flexibility index (Phi) is 5.31. The number of rotatable bonds is 5. The molecule has 2 rings (SSSR count). The first-order chi connectivity index (χ1) is 10.6. The van der Waals surface area contributed by atoms with E-state index in [1.807, 2.05) is 0 Å². The topological polar surface area (TPSA) is 82.6 Å². The van der Waals surface area contributed by atoms with Gasteiger partial charge >= 0.3 is 0 Å². The maximum Gasteiger partial charge on any atom is 0.270 e. The van der Waals surface area contributed by atoms with Crippen molar-refractivity contribution in [3.8, 4) is 6.07 Å². The molecule has 0 amide bonds. The highest BCUT2D eigenvalue weighted by Crippen LogP contribution is 2.26. The Labute approximate surface area is 129 Å². The van der Waals surface area contributed by atoms with Crippen molar-refractivity contribution in [2.75, 3.05) is 44.8 Å². The summed E-state index contributed by atoms with van der Waals surface area (Å²) in [5, 5.41) is 20.0. The summed E-state index contributed by atoms with van der Waals surface area (Å²) in [6.07, 6.45) is 0. The SMILES string of the molecule is COC[C@H](C)N1CCN(c2ccc([N+](=O)[O-])cc2C#N)CC1. The van der Waals surface area contributed by atoms with E-state index in [-0.39, 0.29) is 5.69 Å². The average Bonchev–Trinajstić information content (AvgIpc) is 2.54. The molecule has 1 aliphatic rings. The first-order valence-corrected chi connectivity index (χ1v) is 7.23. The van der Waals surface area contributed by atoms with Crippen LogP contribution in [-0.4, -0.2) is 55.8 Å². The van der Waals surface area contributed by atoms with Crippen LogP contribution in [0.25, 0.3) is 0 Å². The van der Waals surface area contributed by atoms with E-state index in [0.717, 1.165) is 31.9 Å². The summed E-state index contributed by atoms with van der Waals surface area (Å²) >= 11 is 0. The Morgan fingerprint density at radius 2 is 2.09 bits per heavy atom. The van der Waals surface area contributed by atoms with Gasteiger partial charge in [-0.1, -0.05) is 0 Å². The van der Waals surface area contributed by atoms with Crippen molar-refractivity contribution >= 4 is 11.4 Å². The summed E-state index contributed by atoms with van der Waals surface area (Å²) in [6, 6.07) is 6.89. The van der Waals surface area contributed by atoms with E-state index in [2.05, 4.69) is 22.8 Å². The molecule has 0 bridgehead atoms.